The minimum Gasteiger partial charge on any atom is -0.462 e. The van der Waals surface area contributed by atoms with Crippen molar-refractivity contribution in [3.8, 4) is 0 Å². The van der Waals surface area contributed by atoms with E-state index in [4.69, 9.17) is 4.74 Å². The van der Waals surface area contributed by atoms with Crippen LogP contribution in [0.25, 0.3) is 0 Å². The van der Waals surface area contributed by atoms with Crippen LogP contribution < -0.4 is 10.9 Å². The first kappa shape index (κ1) is 20.7. The van der Waals surface area contributed by atoms with Crippen LogP contribution in [0.3, 0.4) is 0 Å². The van der Waals surface area contributed by atoms with Crippen LogP contribution in [0.15, 0.2) is 40.3 Å². The molecule has 0 aliphatic rings. The fourth-order valence-corrected chi connectivity index (χ4v) is 3.03. The molecule has 0 radical (unpaired) electrons. The lowest BCUT2D eigenvalue weighted by Gasteiger charge is -2.11. The van der Waals surface area contributed by atoms with Crippen molar-refractivity contribution in [2.24, 2.45) is 0 Å². The van der Waals surface area contributed by atoms with Gasteiger partial charge in [0.2, 0.25) is 5.91 Å². The first-order chi connectivity index (χ1) is 13.0. The summed E-state index contributed by atoms with van der Waals surface area (Å²) in [6.07, 6.45) is 2.86. The Morgan fingerprint density at radius 1 is 1.26 bits per heavy atom. The SMILES string of the molecule is CCCCCOC(=O)c1ccccc1NC(=O)CSc1nc(C)cc(=O)[nH]1. The van der Waals surface area contributed by atoms with Crippen molar-refractivity contribution in [1.82, 2.24) is 9.97 Å². The molecule has 2 N–H and O–H groups in total. The number of nitrogens with zero attached hydrogens (tertiary/aromatic N) is 1. The third-order valence-electron chi connectivity index (χ3n) is 3.59. The van der Waals surface area contributed by atoms with Crippen LogP contribution in [0.2, 0.25) is 0 Å². The smallest absolute Gasteiger partial charge is 0.340 e. The van der Waals surface area contributed by atoms with Gasteiger partial charge in [0, 0.05) is 11.8 Å². The maximum Gasteiger partial charge on any atom is 0.340 e. The lowest BCUT2D eigenvalue weighted by Crippen LogP contribution is -2.18. The van der Waals surface area contributed by atoms with E-state index in [9.17, 15) is 14.4 Å². The van der Waals surface area contributed by atoms with Gasteiger partial charge in [0.05, 0.1) is 23.6 Å². The lowest BCUT2D eigenvalue weighted by atomic mass is 10.2. The third kappa shape index (κ3) is 6.90. The van der Waals surface area contributed by atoms with Crippen LogP contribution in [0.4, 0.5) is 5.69 Å². The van der Waals surface area contributed by atoms with Crippen molar-refractivity contribution in [2.45, 2.75) is 38.3 Å². The van der Waals surface area contributed by atoms with Gasteiger partial charge >= 0.3 is 5.97 Å². The maximum absolute atomic E-state index is 12.2. The molecule has 0 aliphatic heterocycles. The highest BCUT2D eigenvalue weighted by Crippen LogP contribution is 2.18. The minimum atomic E-state index is -0.459. The minimum absolute atomic E-state index is 0.0479. The van der Waals surface area contributed by atoms with Crippen LogP contribution in [-0.4, -0.2) is 34.2 Å². The van der Waals surface area contributed by atoms with Gasteiger partial charge in [-0.3, -0.25) is 9.59 Å². The number of ether oxygens (including phenoxy) is 1. The van der Waals surface area contributed by atoms with E-state index < -0.39 is 5.97 Å². The number of amides is 1. The highest BCUT2D eigenvalue weighted by atomic mass is 32.2. The molecule has 7 nitrogen and oxygen atoms in total. The number of carbonyl (C=O) groups is 2. The number of H-pyrrole nitrogens is 1. The average molecular weight is 389 g/mol. The number of benzene rings is 1. The summed E-state index contributed by atoms with van der Waals surface area (Å²) >= 11 is 1.11. The molecule has 8 heteroatoms. The Balaban J connectivity index is 1.95. The maximum atomic E-state index is 12.2. The molecular weight excluding hydrogens is 366 g/mol. The van der Waals surface area contributed by atoms with Crippen LogP contribution >= 0.6 is 11.8 Å². The molecule has 27 heavy (non-hydrogen) atoms. The molecule has 1 aromatic heterocycles. The monoisotopic (exact) mass is 389 g/mol. The van der Waals surface area contributed by atoms with Crippen LogP contribution in [0.1, 0.15) is 42.2 Å². The summed E-state index contributed by atoms with van der Waals surface area (Å²) in [5, 5.41) is 3.09. The molecule has 144 valence electrons. The number of rotatable bonds is 9. The van der Waals surface area contributed by atoms with Gasteiger partial charge in [-0.25, -0.2) is 9.78 Å². The Bertz CT molecular complexity index is 851. The summed E-state index contributed by atoms with van der Waals surface area (Å²) in [6.45, 7) is 4.14. The number of aryl methyl sites for hydroxylation is 1. The molecule has 0 bridgehead atoms. The van der Waals surface area contributed by atoms with Crippen molar-refractivity contribution in [2.75, 3.05) is 17.7 Å². The van der Waals surface area contributed by atoms with Gasteiger partial charge < -0.3 is 15.0 Å². The van der Waals surface area contributed by atoms with Crippen molar-refractivity contribution in [1.29, 1.82) is 0 Å². The number of para-hydroxylation sites is 1. The Morgan fingerprint density at radius 2 is 2.04 bits per heavy atom. The summed E-state index contributed by atoms with van der Waals surface area (Å²) < 4.78 is 5.26. The number of thioether (sulfide) groups is 1. The first-order valence-electron chi connectivity index (χ1n) is 8.76. The quantitative estimate of drug-likeness (QED) is 0.296. The zero-order valence-corrected chi connectivity index (χ0v) is 16.2. The topological polar surface area (TPSA) is 101 Å². The molecule has 0 unspecified atom stereocenters. The molecule has 0 saturated heterocycles. The lowest BCUT2D eigenvalue weighted by molar-refractivity contribution is -0.113. The number of hydrogen-bond acceptors (Lipinski definition) is 6. The van der Waals surface area contributed by atoms with Crippen molar-refractivity contribution >= 4 is 29.3 Å². The van der Waals surface area contributed by atoms with E-state index >= 15 is 0 Å². The van der Waals surface area contributed by atoms with E-state index in [1.54, 1.807) is 31.2 Å². The average Bonchev–Trinajstić information content (AvgIpc) is 2.63. The van der Waals surface area contributed by atoms with Gasteiger partial charge in [0.25, 0.3) is 5.56 Å². The number of esters is 1. The number of aromatic nitrogens is 2. The second-order valence-electron chi connectivity index (χ2n) is 5.92. The zero-order valence-electron chi connectivity index (χ0n) is 15.4. The number of hydrogen-bond donors (Lipinski definition) is 2. The van der Waals surface area contributed by atoms with Gasteiger partial charge in [0.1, 0.15) is 0 Å². The van der Waals surface area contributed by atoms with Crippen LogP contribution in [0, 0.1) is 6.92 Å². The summed E-state index contributed by atoms with van der Waals surface area (Å²) in [4.78, 5) is 42.6. The second-order valence-corrected chi connectivity index (χ2v) is 6.88. The van der Waals surface area contributed by atoms with E-state index in [0.717, 1.165) is 31.0 Å². The normalized spacial score (nSPS) is 10.4. The fourth-order valence-electron chi connectivity index (χ4n) is 2.30. The summed E-state index contributed by atoms with van der Waals surface area (Å²) in [5.41, 5.74) is 1.03. The van der Waals surface area contributed by atoms with Crippen LogP contribution in [-0.2, 0) is 9.53 Å². The Hall–Kier alpha value is -2.61. The van der Waals surface area contributed by atoms with Gasteiger partial charge in [-0.15, -0.1) is 0 Å². The standard InChI is InChI=1S/C19H23N3O4S/c1-3-4-7-10-26-18(25)14-8-5-6-9-15(14)21-17(24)12-27-19-20-13(2)11-16(23)22-19/h5-6,8-9,11H,3-4,7,10,12H2,1-2H3,(H,21,24)(H,20,22,23). The van der Waals surface area contributed by atoms with Crippen LogP contribution in [0.5, 0.6) is 0 Å². The predicted molar refractivity (Wildman–Crippen MR) is 105 cm³/mol. The predicted octanol–water partition coefficient (Wildman–Crippen LogP) is 3.16. The van der Waals surface area contributed by atoms with Crippen molar-refractivity contribution in [3.05, 3.63) is 51.9 Å². The molecule has 2 aromatic rings. The van der Waals surface area contributed by atoms with Crippen molar-refractivity contribution < 1.29 is 14.3 Å². The second kappa shape index (κ2) is 10.5. The number of carbonyl (C=O) groups excluding carboxylic acids is 2. The van der Waals surface area contributed by atoms with E-state index in [0.29, 0.717) is 28.7 Å². The molecule has 1 amide bonds. The van der Waals surface area contributed by atoms with Gasteiger partial charge in [-0.05, 0) is 25.5 Å². The fraction of sp³-hybridized carbons (Fsp3) is 0.368. The van der Waals surface area contributed by atoms with Gasteiger partial charge in [-0.1, -0.05) is 43.7 Å². The van der Waals surface area contributed by atoms with E-state index in [1.165, 1.54) is 6.07 Å². The molecule has 0 fully saturated rings. The molecule has 0 aliphatic carbocycles. The van der Waals surface area contributed by atoms with E-state index in [-0.39, 0.29) is 17.2 Å². The highest BCUT2D eigenvalue weighted by Gasteiger charge is 2.14. The molecule has 0 atom stereocenters. The Labute approximate surface area is 161 Å². The number of anilines is 1. The van der Waals surface area contributed by atoms with E-state index in [2.05, 4.69) is 22.2 Å². The molecule has 0 spiro atoms. The third-order valence-corrected chi connectivity index (χ3v) is 4.46. The van der Waals surface area contributed by atoms with Gasteiger partial charge in [0.15, 0.2) is 5.16 Å². The number of aromatic amines is 1. The molecular formula is C19H23N3O4S. The molecule has 1 aromatic carbocycles. The summed E-state index contributed by atoms with van der Waals surface area (Å²) in [7, 11) is 0. The number of unbranched alkanes of at least 4 members (excludes halogenated alkanes) is 2. The summed E-state index contributed by atoms with van der Waals surface area (Å²) in [5.74, 6) is -0.721. The first-order valence-corrected chi connectivity index (χ1v) is 9.75. The zero-order chi connectivity index (χ0) is 19.6. The number of nitrogens with one attached hydrogen (secondary N) is 2. The Kier molecular flexibility index (Phi) is 8.06. The highest BCUT2D eigenvalue weighted by molar-refractivity contribution is 7.99. The molecule has 2 rings (SSSR count). The Morgan fingerprint density at radius 3 is 2.78 bits per heavy atom. The largest absolute Gasteiger partial charge is 0.462 e. The molecule has 1 heterocycles. The van der Waals surface area contributed by atoms with E-state index in [1.807, 2.05) is 0 Å². The van der Waals surface area contributed by atoms with Crippen molar-refractivity contribution in [3.63, 3.8) is 0 Å². The summed E-state index contributed by atoms with van der Waals surface area (Å²) in [6, 6.07) is 8.10. The van der Waals surface area contributed by atoms with Gasteiger partial charge in [-0.2, -0.15) is 0 Å². The molecule has 0 saturated carbocycles.